The molecule has 6 nitrogen and oxygen atoms in total. The van der Waals surface area contributed by atoms with E-state index < -0.39 is 0 Å². The molecule has 5 aliphatic rings. The van der Waals surface area contributed by atoms with Crippen molar-refractivity contribution in [3.05, 3.63) is 23.8 Å². The minimum absolute atomic E-state index is 0.0995. The Kier molecular flexibility index (Phi) is 4.52. The van der Waals surface area contributed by atoms with Gasteiger partial charge in [-0.05, 0) is 49.5 Å². The second-order valence-corrected chi connectivity index (χ2v) is 7.90. The number of fused-ring (bicyclic) bond motifs is 3. The second kappa shape index (κ2) is 7.00. The lowest BCUT2D eigenvalue weighted by Crippen LogP contribution is -2.60. The molecule has 142 valence electrons. The molecular weight excluding hydrogens is 332 g/mol. The van der Waals surface area contributed by atoms with Crippen LogP contribution >= 0.6 is 0 Å². The van der Waals surface area contributed by atoms with Crippen LogP contribution in [0.1, 0.15) is 24.3 Å². The summed E-state index contributed by atoms with van der Waals surface area (Å²) in [5, 5.41) is 8.93. The molecule has 0 aliphatic carbocycles. The highest BCUT2D eigenvalue weighted by Crippen LogP contribution is 2.47. The van der Waals surface area contributed by atoms with E-state index in [0.29, 0.717) is 38.0 Å². The third kappa shape index (κ3) is 2.80. The Morgan fingerprint density at radius 2 is 1.92 bits per heavy atom. The third-order valence-electron chi connectivity index (χ3n) is 6.68. The predicted octanol–water partition coefficient (Wildman–Crippen LogP) is 1.29. The predicted molar refractivity (Wildman–Crippen MR) is 96.7 cm³/mol. The van der Waals surface area contributed by atoms with Gasteiger partial charge in [0, 0.05) is 31.1 Å². The molecule has 6 rings (SSSR count). The summed E-state index contributed by atoms with van der Waals surface area (Å²) < 4.78 is 16.7. The smallest absolute Gasteiger partial charge is 0.231 e. The maximum Gasteiger partial charge on any atom is 0.231 e. The molecule has 5 aliphatic heterocycles. The number of benzene rings is 1. The van der Waals surface area contributed by atoms with Crippen LogP contribution in [0.3, 0.4) is 0 Å². The van der Waals surface area contributed by atoms with E-state index in [1.54, 1.807) is 0 Å². The van der Waals surface area contributed by atoms with Gasteiger partial charge in [0.25, 0.3) is 0 Å². The molecule has 0 radical (unpaired) electrons. The van der Waals surface area contributed by atoms with Crippen molar-refractivity contribution in [1.82, 2.24) is 9.80 Å². The van der Waals surface area contributed by atoms with Crippen LogP contribution in [0.5, 0.6) is 11.5 Å². The summed E-state index contributed by atoms with van der Waals surface area (Å²) >= 11 is 0. The molecular formula is C20H28N2O4. The Bertz CT molecular complexity index is 647. The first-order chi connectivity index (χ1) is 12.8. The maximum absolute atomic E-state index is 8.93. The van der Waals surface area contributed by atoms with Crippen LogP contribution in [0.4, 0.5) is 0 Å². The zero-order valence-electron chi connectivity index (χ0n) is 15.2. The lowest BCUT2D eigenvalue weighted by molar-refractivity contribution is -0.0153. The topological polar surface area (TPSA) is 54.4 Å². The van der Waals surface area contributed by atoms with Gasteiger partial charge in [0.1, 0.15) is 0 Å². The summed E-state index contributed by atoms with van der Waals surface area (Å²) in [6.07, 6.45) is 2.64. The zero-order valence-corrected chi connectivity index (χ0v) is 15.2. The third-order valence-corrected chi connectivity index (χ3v) is 6.68. The summed E-state index contributed by atoms with van der Waals surface area (Å²) in [6, 6.07) is 7.71. The number of piperidine rings is 3. The molecule has 4 saturated heterocycles. The van der Waals surface area contributed by atoms with Gasteiger partial charge in [0.2, 0.25) is 6.79 Å². The number of hydrogen-bond acceptors (Lipinski definition) is 6. The number of likely N-dealkylation sites (tertiary alicyclic amines) is 1. The first kappa shape index (κ1) is 16.8. The van der Waals surface area contributed by atoms with Gasteiger partial charge in [-0.2, -0.15) is 0 Å². The molecule has 5 heterocycles. The number of nitrogens with zero attached hydrogens (tertiary/aromatic N) is 2. The average Bonchev–Trinajstić information content (AvgIpc) is 3.31. The van der Waals surface area contributed by atoms with Crippen molar-refractivity contribution in [1.29, 1.82) is 0 Å². The summed E-state index contributed by atoms with van der Waals surface area (Å²) in [4.78, 5) is 5.36. The summed E-state index contributed by atoms with van der Waals surface area (Å²) in [7, 11) is 0. The SMILES string of the molecule is OCCOCCN1C[C@@H](c2ccc3c(c2)OCO3)[C@@H]2[C@H]1C1CCN2CC1. The van der Waals surface area contributed by atoms with Crippen molar-refractivity contribution in [2.75, 3.05) is 52.8 Å². The molecule has 0 saturated carbocycles. The van der Waals surface area contributed by atoms with Crippen LogP contribution in [0.2, 0.25) is 0 Å². The van der Waals surface area contributed by atoms with Crippen molar-refractivity contribution in [2.45, 2.75) is 30.8 Å². The van der Waals surface area contributed by atoms with Gasteiger partial charge < -0.3 is 19.3 Å². The largest absolute Gasteiger partial charge is 0.454 e. The normalized spacial score (nSPS) is 35.0. The monoisotopic (exact) mass is 360 g/mol. The maximum atomic E-state index is 8.93. The van der Waals surface area contributed by atoms with Gasteiger partial charge in [-0.15, -0.1) is 0 Å². The van der Waals surface area contributed by atoms with Crippen LogP contribution < -0.4 is 9.47 Å². The van der Waals surface area contributed by atoms with E-state index in [1.165, 1.54) is 31.5 Å². The molecule has 0 spiro atoms. The van der Waals surface area contributed by atoms with Crippen molar-refractivity contribution < 1.29 is 19.3 Å². The van der Waals surface area contributed by atoms with Crippen molar-refractivity contribution in [3.63, 3.8) is 0 Å². The van der Waals surface area contributed by atoms with Crippen LogP contribution in [-0.2, 0) is 4.74 Å². The van der Waals surface area contributed by atoms with Crippen LogP contribution in [0, 0.1) is 5.92 Å². The van der Waals surface area contributed by atoms with E-state index in [1.807, 2.05) is 0 Å². The first-order valence-corrected chi connectivity index (χ1v) is 9.91. The minimum Gasteiger partial charge on any atom is -0.454 e. The van der Waals surface area contributed by atoms with E-state index in [9.17, 15) is 0 Å². The van der Waals surface area contributed by atoms with Crippen LogP contribution in [0.25, 0.3) is 0 Å². The molecule has 6 heteroatoms. The number of ether oxygens (including phenoxy) is 3. The molecule has 1 N–H and O–H groups in total. The van der Waals surface area contributed by atoms with E-state index >= 15 is 0 Å². The van der Waals surface area contributed by atoms with E-state index in [-0.39, 0.29) is 6.61 Å². The quantitative estimate of drug-likeness (QED) is 0.772. The van der Waals surface area contributed by atoms with Crippen molar-refractivity contribution in [3.8, 4) is 11.5 Å². The Hall–Kier alpha value is -1.34. The van der Waals surface area contributed by atoms with Gasteiger partial charge in [-0.25, -0.2) is 0 Å². The fraction of sp³-hybridized carbons (Fsp3) is 0.700. The van der Waals surface area contributed by atoms with Gasteiger partial charge in [-0.3, -0.25) is 9.80 Å². The van der Waals surface area contributed by atoms with Gasteiger partial charge in [0.05, 0.1) is 19.8 Å². The molecule has 4 fully saturated rings. The Morgan fingerprint density at radius 3 is 2.77 bits per heavy atom. The highest BCUT2D eigenvalue weighted by Gasteiger charge is 2.53. The molecule has 0 amide bonds. The summed E-state index contributed by atoms with van der Waals surface area (Å²) in [6.45, 7) is 6.06. The molecule has 2 bridgehead atoms. The molecule has 0 unspecified atom stereocenters. The fourth-order valence-electron chi connectivity index (χ4n) is 5.58. The number of rotatable bonds is 6. The van der Waals surface area contributed by atoms with E-state index in [2.05, 4.69) is 28.0 Å². The van der Waals surface area contributed by atoms with Gasteiger partial charge in [0.15, 0.2) is 11.5 Å². The van der Waals surface area contributed by atoms with Gasteiger partial charge >= 0.3 is 0 Å². The summed E-state index contributed by atoms with van der Waals surface area (Å²) in [5.41, 5.74) is 1.37. The van der Waals surface area contributed by atoms with Crippen molar-refractivity contribution >= 4 is 0 Å². The molecule has 0 aromatic heterocycles. The number of hydrogen-bond donors (Lipinski definition) is 1. The van der Waals surface area contributed by atoms with Crippen molar-refractivity contribution in [2.24, 2.45) is 5.92 Å². The van der Waals surface area contributed by atoms with E-state index in [0.717, 1.165) is 30.5 Å². The van der Waals surface area contributed by atoms with Crippen LogP contribution in [-0.4, -0.2) is 79.8 Å². The molecule has 3 atom stereocenters. The first-order valence-electron chi connectivity index (χ1n) is 9.91. The highest BCUT2D eigenvalue weighted by atomic mass is 16.7. The Labute approximate surface area is 154 Å². The second-order valence-electron chi connectivity index (χ2n) is 7.90. The standard InChI is InChI=1S/C20H28N2O4/c23-8-10-24-9-7-22-12-16(15-1-2-17-18(11-15)26-13-25-17)20-19(22)14-3-5-21(20)6-4-14/h1-2,11,14,16,19-20,23H,3-10,12-13H2/t16-,19+,20+/m0/s1. The lowest BCUT2D eigenvalue weighted by Gasteiger charge is -2.51. The molecule has 1 aromatic rings. The zero-order chi connectivity index (χ0) is 17.5. The Balaban J connectivity index is 1.39. The molecule has 1 aromatic carbocycles. The van der Waals surface area contributed by atoms with Crippen LogP contribution in [0.15, 0.2) is 18.2 Å². The average molecular weight is 360 g/mol. The van der Waals surface area contributed by atoms with Gasteiger partial charge in [-0.1, -0.05) is 6.07 Å². The number of aliphatic hydroxyl groups excluding tert-OH is 1. The fourth-order valence-corrected chi connectivity index (χ4v) is 5.58. The highest BCUT2D eigenvalue weighted by molar-refractivity contribution is 5.46. The number of aliphatic hydroxyl groups is 1. The summed E-state index contributed by atoms with van der Waals surface area (Å²) in [5.74, 6) is 3.07. The lowest BCUT2D eigenvalue weighted by atomic mass is 9.75. The van der Waals surface area contributed by atoms with E-state index in [4.69, 9.17) is 19.3 Å². The minimum atomic E-state index is 0.0995. The Morgan fingerprint density at radius 1 is 1.08 bits per heavy atom. The molecule has 26 heavy (non-hydrogen) atoms.